The Bertz CT molecular complexity index is 921. The fourth-order valence-corrected chi connectivity index (χ4v) is 4.16. The number of carbonyl (C=O) groups is 3. The van der Waals surface area contributed by atoms with Crippen molar-refractivity contribution in [2.24, 2.45) is 5.92 Å². The number of carbonyl (C=O) groups excluding carboxylic acids is 3. The summed E-state index contributed by atoms with van der Waals surface area (Å²) in [6, 6.07) is 12.8. The second-order valence-corrected chi connectivity index (χ2v) is 8.17. The van der Waals surface area contributed by atoms with E-state index in [1.165, 1.54) is 4.90 Å². The molecule has 2 aromatic carbocycles. The van der Waals surface area contributed by atoms with Crippen LogP contribution in [0.4, 0.5) is 9.18 Å². The van der Waals surface area contributed by atoms with E-state index >= 15 is 0 Å². The van der Waals surface area contributed by atoms with E-state index < -0.39 is 12.0 Å². The maximum absolute atomic E-state index is 14.0. The summed E-state index contributed by atoms with van der Waals surface area (Å²) in [6.07, 6.45) is 2.47. The van der Waals surface area contributed by atoms with Gasteiger partial charge < -0.3 is 9.53 Å². The number of benzene rings is 2. The molecule has 0 saturated carbocycles. The Morgan fingerprint density at radius 1 is 1.19 bits per heavy atom. The quantitative estimate of drug-likeness (QED) is 0.436. The van der Waals surface area contributed by atoms with E-state index in [1.807, 2.05) is 30.3 Å². The van der Waals surface area contributed by atoms with Crippen LogP contribution in [0.2, 0.25) is 0 Å². The van der Waals surface area contributed by atoms with Gasteiger partial charge in [-0.2, -0.15) is 0 Å². The van der Waals surface area contributed by atoms with Crippen LogP contribution in [0, 0.1) is 25.6 Å². The Morgan fingerprint density at radius 3 is 2.52 bits per heavy atom. The highest BCUT2D eigenvalue weighted by Gasteiger charge is 2.40. The third-order valence-electron chi connectivity index (χ3n) is 5.71. The fourth-order valence-electron chi connectivity index (χ4n) is 4.16. The maximum atomic E-state index is 14.0. The summed E-state index contributed by atoms with van der Waals surface area (Å²) < 4.78 is 19.2. The topological polar surface area (TPSA) is 63.7 Å². The average Bonchev–Trinajstić information content (AvgIpc) is 3.11. The standard InChI is InChI=1S/C25H28FNO4/c1-17-12-20(13-18(2)23(17)26)14-21(10-6-7-11-28)24(29)27-22(16-31-25(27)30)15-19-8-4-3-5-9-19/h3-5,8-9,11-13,21-22H,6-7,10,14-16H2,1-2H3/t21-,22+/m0/s1. The molecule has 0 aromatic heterocycles. The van der Waals surface area contributed by atoms with E-state index in [1.54, 1.807) is 26.0 Å². The van der Waals surface area contributed by atoms with E-state index in [2.05, 4.69) is 0 Å². The van der Waals surface area contributed by atoms with Gasteiger partial charge in [0, 0.05) is 12.3 Å². The minimum atomic E-state index is -0.627. The number of amides is 2. The van der Waals surface area contributed by atoms with Crippen LogP contribution in [0.15, 0.2) is 42.5 Å². The normalized spacial score (nSPS) is 16.8. The molecule has 0 spiro atoms. The van der Waals surface area contributed by atoms with E-state index in [-0.39, 0.29) is 24.4 Å². The minimum absolute atomic E-state index is 0.162. The Labute approximate surface area is 182 Å². The number of aldehydes is 1. The van der Waals surface area contributed by atoms with Crippen LogP contribution >= 0.6 is 0 Å². The summed E-state index contributed by atoms with van der Waals surface area (Å²) in [5.41, 5.74) is 2.91. The van der Waals surface area contributed by atoms with Gasteiger partial charge in [0.1, 0.15) is 18.7 Å². The maximum Gasteiger partial charge on any atom is 0.416 e. The molecule has 31 heavy (non-hydrogen) atoms. The lowest BCUT2D eigenvalue weighted by atomic mass is 9.90. The molecular formula is C25H28FNO4. The Balaban J connectivity index is 1.82. The van der Waals surface area contributed by atoms with Crippen molar-refractivity contribution < 1.29 is 23.5 Å². The van der Waals surface area contributed by atoms with Gasteiger partial charge in [0.05, 0.1) is 6.04 Å². The lowest BCUT2D eigenvalue weighted by molar-refractivity contribution is -0.133. The second-order valence-electron chi connectivity index (χ2n) is 8.17. The van der Waals surface area contributed by atoms with Gasteiger partial charge in [0.25, 0.3) is 0 Å². The van der Waals surface area contributed by atoms with Gasteiger partial charge >= 0.3 is 6.09 Å². The van der Waals surface area contributed by atoms with Crippen molar-refractivity contribution in [3.05, 3.63) is 70.5 Å². The fraction of sp³-hybridized carbons (Fsp3) is 0.400. The summed E-state index contributed by atoms with van der Waals surface area (Å²) in [7, 11) is 0. The van der Waals surface area contributed by atoms with Crippen LogP contribution in [0.25, 0.3) is 0 Å². The van der Waals surface area contributed by atoms with Crippen LogP contribution in [0.3, 0.4) is 0 Å². The molecule has 1 heterocycles. The number of nitrogens with zero attached hydrogens (tertiary/aromatic N) is 1. The Kier molecular flexibility index (Phi) is 7.55. The molecule has 0 N–H and O–H groups in total. The van der Waals surface area contributed by atoms with Gasteiger partial charge in [0.15, 0.2) is 0 Å². The molecule has 2 aromatic rings. The lowest BCUT2D eigenvalue weighted by Gasteiger charge is -2.25. The Morgan fingerprint density at radius 2 is 1.87 bits per heavy atom. The van der Waals surface area contributed by atoms with Crippen molar-refractivity contribution >= 4 is 18.3 Å². The van der Waals surface area contributed by atoms with Crippen LogP contribution < -0.4 is 0 Å². The summed E-state index contributed by atoms with van der Waals surface area (Å²) in [4.78, 5) is 37.9. The van der Waals surface area contributed by atoms with E-state index in [9.17, 15) is 18.8 Å². The van der Waals surface area contributed by atoms with Crippen molar-refractivity contribution in [1.82, 2.24) is 4.90 Å². The first-order valence-corrected chi connectivity index (χ1v) is 10.6. The third-order valence-corrected chi connectivity index (χ3v) is 5.71. The third kappa shape index (κ3) is 5.57. The number of hydrogen-bond donors (Lipinski definition) is 0. The van der Waals surface area contributed by atoms with E-state index in [0.717, 1.165) is 17.4 Å². The summed E-state index contributed by atoms with van der Waals surface area (Å²) >= 11 is 0. The van der Waals surface area contributed by atoms with Crippen molar-refractivity contribution in [2.75, 3.05) is 6.61 Å². The number of halogens is 1. The minimum Gasteiger partial charge on any atom is -0.447 e. The average molecular weight is 426 g/mol. The van der Waals surface area contributed by atoms with Gasteiger partial charge in [-0.25, -0.2) is 14.1 Å². The van der Waals surface area contributed by atoms with Crippen molar-refractivity contribution in [3.8, 4) is 0 Å². The number of aryl methyl sites for hydroxylation is 2. The molecule has 0 radical (unpaired) electrons. The molecule has 164 valence electrons. The number of unbranched alkanes of at least 4 members (excludes halogenated alkanes) is 1. The van der Waals surface area contributed by atoms with Crippen molar-refractivity contribution in [2.45, 2.75) is 52.0 Å². The highest BCUT2D eigenvalue weighted by atomic mass is 19.1. The highest BCUT2D eigenvalue weighted by Crippen LogP contribution is 2.26. The molecule has 1 aliphatic rings. The van der Waals surface area contributed by atoms with Crippen molar-refractivity contribution in [3.63, 3.8) is 0 Å². The predicted octanol–water partition coefficient (Wildman–Crippen LogP) is 4.56. The molecule has 3 rings (SSSR count). The molecule has 0 bridgehead atoms. The molecule has 0 aliphatic carbocycles. The lowest BCUT2D eigenvalue weighted by Crippen LogP contribution is -2.44. The van der Waals surface area contributed by atoms with Crippen LogP contribution in [-0.4, -0.2) is 35.8 Å². The largest absolute Gasteiger partial charge is 0.447 e. The molecular weight excluding hydrogens is 397 g/mol. The number of hydrogen-bond acceptors (Lipinski definition) is 4. The van der Waals surface area contributed by atoms with Gasteiger partial charge in [-0.3, -0.25) is 4.79 Å². The molecule has 2 amide bonds. The van der Waals surface area contributed by atoms with E-state index in [4.69, 9.17) is 4.74 Å². The number of imide groups is 1. The summed E-state index contributed by atoms with van der Waals surface area (Å²) in [6.45, 7) is 3.56. The first-order valence-electron chi connectivity index (χ1n) is 10.6. The van der Waals surface area contributed by atoms with E-state index in [0.29, 0.717) is 43.2 Å². The monoisotopic (exact) mass is 425 g/mol. The molecule has 2 atom stereocenters. The van der Waals surface area contributed by atoms with Gasteiger partial charge in [0.2, 0.25) is 5.91 Å². The molecule has 1 fully saturated rings. The number of ether oxygens (including phenoxy) is 1. The first-order chi connectivity index (χ1) is 14.9. The molecule has 5 nitrogen and oxygen atoms in total. The SMILES string of the molecule is Cc1cc(C[C@H](CCCC=O)C(=O)N2C(=O)OC[C@H]2Cc2ccccc2)cc(C)c1F. The van der Waals surface area contributed by atoms with Gasteiger partial charge in [-0.1, -0.05) is 42.5 Å². The first kappa shape index (κ1) is 22.7. The smallest absolute Gasteiger partial charge is 0.416 e. The van der Waals surface area contributed by atoms with Crippen LogP contribution in [0.1, 0.15) is 41.5 Å². The summed E-state index contributed by atoms with van der Waals surface area (Å²) in [5, 5.41) is 0. The zero-order chi connectivity index (χ0) is 22.4. The molecule has 1 aliphatic heterocycles. The molecule has 1 saturated heterocycles. The zero-order valence-corrected chi connectivity index (χ0v) is 18.0. The Hall–Kier alpha value is -3.02. The molecule has 0 unspecified atom stereocenters. The predicted molar refractivity (Wildman–Crippen MR) is 115 cm³/mol. The summed E-state index contributed by atoms with van der Waals surface area (Å²) in [5.74, 6) is -1.04. The van der Waals surface area contributed by atoms with Gasteiger partial charge in [-0.05, 0) is 61.8 Å². The highest BCUT2D eigenvalue weighted by molar-refractivity contribution is 5.95. The van der Waals surface area contributed by atoms with Crippen LogP contribution in [0.5, 0.6) is 0 Å². The number of rotatable bonds is 9. The van der Waals surface area contributed by atoms with Crippen molar-refractivity contribution in [1.29, 1.82) is 0 Å². The zero-order valence-electron chi connectivity index (χ0n) is 18.0. The van der Waals surface area contributed by atoms with Crippen LogP contribution in [-0.2, 0) is 27.2 Å². The van der Waals surface area contributed by atoms with Gasteiger partial charge in [-0.15, -0.1) is 0 Å². The second kappa shape index (κ2) is 10.3. The number of cyclic esters (lactones) is 1. The molecule has 6 heteroatoms.